The number of nitrogens with zero attached hydrogens (tertiary/aromatic N) is 2. The summed E-state index contributed by atoms with van der Waals surface area (Å²) in [5.41, 5.74) is 14.6. The van der Waals surface area contributed by atoms with Crippen LogP contribution in [0.25, 0.3) is 82.5 Å². The van der Waals surface area contributed by atoms with Gasteiger partial charge in [0.05, 0.1) is 28.1 Å². The third kappa shape index (κ3) is 3.22. The minimum Gasteiger partial charge on any atom is -0.456 e. The maximum atomic E-state index is 6.47. The van der Waals surface area contributed by atoms with Crippen LogP contribution >= 0.6 is 0 Å². The Labute approximate surface area is 282 Å². The van der Waals surface area contributed by atoms with Gasteiger partial charge in [-0.3, -0.25) is 0 Å². The zero-order valence-corrected chi connectivity index (χ0v) is 26.5. The summed E-state index contributed by atoms with van der Waals surface area (Å²) < 4.78 is 8.93. The molecule has 3 aliphatic rings. The molecule has 3 heterocycles. The molecule has 9 aromatic rings. The Morgan fingerprint density at radius 1 is 0.510 bits per heavy atom. The molecule has 0 saturated carbocycles. The third-order valence-electron chi connectivity index (χ3n) is 11.2. The highest BCUT2D eigenvalue weighted by Gasteiger charge is 2.40. The lowest BCUT2D eigenvalue weighted by molar-refractivity contribution is 0.669. The van der Waals surface area contributed by atoms with Gasteiger partial charge in [-0.05, 0) is 87.1 Å². The molecule has 0 bridgehead atoms. The zero-order chi connectivity index (χ0) is 31.8. The first kappa shape index (κ1) is 25.7. The molecule has 2 aliphatic carbocycles. The van der Waals surface area contributed by atoms with E-state index in [2.05, 4.69) is 167 Å². The van der Waals surface area contributed by atoms with Crippen LogP contribution in [0.15, 0.2) is 162 Å². The fourth-order valence-electron chi connectivity index (χ4n) is 9.30. The van der Waals surface area contributed by atoms with Crippen LogP contribution in [-0.4, -0.2) is 10.6 Å². The van der Waals surface area contributed by atoms with Crippen molar-refractivity contribution in [3.63, 3.8) is 0 Å². The number of allylic oxidation sites excluding steroid dienone is 2. The Morgan fingerprint density at radius 3 is 2.22 bits per heavy atom. The van der Waals surface area contributed by atoms with E-state index in [1.165, 1.54) is 71.8 Å². The number of hydrogen-bond donors (Lipinski definition) is 0. The summed E-state index contributed by atoms with van der Waals surface area (Å²) in [7, 11) is 0. The van der Waals surface area contributed by atoms with Gasteiger partial charge in [0.1, 0.15) is 11.2 Å². The van der Waals surface area contributed by atoms with E-state index in [0.29, 0.717) is 0 Å². The lowest BCUT2D eigenvalue weighted by Crippen LogP contribution is -2.28. The van der Waals surface area contributed by atoms with Crippen LogP contribution in [0.2, 0.25) is 0 Å². The first-order valence-electron chi connectivity index (χ1n) is 17.1. The molecule has 12 rings (SSSR count). The summed E-state index contributed by atoms with van der Waals surface area (Å²) in [6, 6.07) is 49.1. The van der Waals surface area contributed by atoms with Gasteiger partial charge in [0.15, 0.2) is 0 Å². The number of fused-ring (bicyclic) bond motifs is 14. The maximum Gasteiger partial charge on any atom is 0.137 e. The number of anilines is 2. The summed E-state index contributed by atoms with van der Waals surface area (Å²) in [5.74, 6) is 0.251. The highest BCUT2D eigenvalue weighted by Crippen LogP contribution is 2.56. The van der Waals surface area contributed by atoms with Gasteiger partial charge in [-0.25, -0.2) is 0 Å². The lowest BCUT2D eigenvalue weighted by Gasteiger charge is -2.30. The third-order valence-corrected chi connectivity index (χ3v) is 11.2. The van der Waals surface area contributed by atoms with Gasteiger partial charge in [0, 0.05) is 33.5 Å². The van der Waals surface area contributed by atoms with Crippen LogP contribution in [0.5, 0.6) is 0 Å². The molecule has 2 unspecified atom stereocenters. The fraction of sp³-hybridized carbons (Fsp3) is 0.0435. The second kappa shape index (κ2) is 9.18. The van der Waals surface area contributed by atoms with Crippen molar-refractivity contribution in [2.75, 3.05) is 4.90 Å². The second-order valence-corrected chi connectivity index (χ2v) is 13.6. The van der Waals surface area contributed by atoms with Crippen molar-refractivity contribution in [3.8, 4) is 27.9 Å². The zero-order valence-electron chi connectivity index (χ0n) is 26.5. The average Bonchev–Trinajstić information content (AvgIpc) is 3.89. The molecular weight excluding hydrogens is 597 g/mol. The monoisotopic (exact) mass is 624 g/mol. The molecule has 0 spiro atoms. The standard InChI is InChI=1S/C46H28N2O/c1-2-12-28(13-3-1)47-39-23-21-34-32-16-6-8-19-38(32)48(29-25-27-11-10-18-33-30-14-4-5-15-31(30)37(26-29)42(27)33)45(34)43(39)36-22-24-41-44(46(36)47)35-17-7-9-20-40(35)49-41/h1-26,32,38H. The van der Waals surface area contributed by atoms with E-state index >= 15 is 0 Å². The topological polar surface area (TPSA) is 21.3 Å². The van der Waals surface area contributed by atoms with Crippen molar-refractivity contribution in [1.82, 2.24) is 4.57 Å². The van der Waals surface area contributed by atoms with Crippen molar-refractivity contribution in [2.24, 2.45) is 0 Å². The van der Waals surface area contributed by atoms with E-state index in [-0.39, 0.29) is 12.0 Å². The molecule has 0 saturated heterocycles. The predicted octanol–water partition coefficient (Wildman–Crippen LogP) is 12.2. The van der Waals surface area contributed by atoms with Crippen LogP contribution in [-0.2, 0) is 0 Å². The summed E-state index contributed by atoms with van der Waals surface area (Å²) in [4.78, 5) is 2.64. The molecule has 0 amide bonds. The van der Waals surface area contributed by atoms with E-state index in [1.54, 1.807) is 0 Å². The van der Waals surface area contributed by atoms with Crippen LogP contribution in [0, 0.1) is 0 Å². The minimum absolute atomic E-state index is 0.170. The van der Waals surface area contributed by atoms with Gasteiger partial charge in [0.2, 0.25) is 0 Å². The summed E-state index contributed by atoms with van der Waals surface area (Å²) in [6.45, 7) is 0. The molecule has 49 heavy (non-hydrogen) atoms. The number of para-hydroxylation sites is 2. The minimum atomic E-state index is 0.170. The number of aromatic nitrogens is 1. The van der Waals surface area contributed by atoms with Crippen molar-refractivity contribution < 1.29 is 4.42 Å². The fourth-order valence-corrected chi connectivity index (χ4v) is 9.30. The highest BCUT2D eigenvalue weighted by atomic mass is 16.3. The molecular formula is C46H28N2O. The Hall–Kier alpha value is -6.32. The van der Waals surface area contributed by atoms with E-state index in [9.17, 15) is 0 Å². The molecule has 2 aromatic heterocycles. The Bertz CT molecular complexity index is 2960. The largest absolute Gasteiger partial charge is 0.456 e. The van der Waals surface area contributed by atoms with E-state index in [0.717, 1.165) is 27.6 Å². The molecule has 0 radical (unpaired) electrons. The first-order valence-corrected chi connectivity index (χ1v) is 17.1. The van der Waals surface area contributed by atoms with Crippen molar-refractivity contribution in [3.05, 3.63) is 163 Å². The molecule has 3 nitrogen and oxygen atoms in total. The van der Waals surface area contributed by atoms with E-state index < -0.39 is 0 Å². The molecule has 3 heteroatoms. The summed E-state index contributed by atoms with van der Waals surface area (Å²) in [6.07, 6.45) is 9.22. The lowest BCUT2D eigenvalue weighted by atomic mass is 9.91. The Kier molecular flexibility index (Phi) is 4.82. The predicted molar refractivity (Wildman–Crippen MR) is 203 cm³/mol. The van der Waals surface area contributed by atoms with Gasteiger partial charge in [-0.2, -0.15) is 0 Å². The van der Waals surface area contributed by atoms with Crippen molar-refractivity contribution >= 4 is 65.9 Å². The SMILES string of the molecule is C1=CC2c3ccc4c(c3N(c3cc5c6c(cccc6c3)-c3ccccc3-5)C2C=C1)c1ccc2oc3ccccc3c2c1n4-c1ccccc1. The van der Waals surface area contributed by atoms with Crippen molar-refractivity contribution in [2.45, 2.75) is 12.0 Å². The van der Waals surface area contributed by atoms with Gasteiger partial charge >= 0.3 is 0 Å². The number of furan rings is 1. The van der Waals surface area contributed by atoms with Gasteiger partial charge in [-0.15, -0.1) is 0 Å². The average molecular weight is 625 g/mol. The van der Waals surface area contributed by atoms with Crippen LogP contribution in [0.3, 0.4) is 0 Å². The van der Waals surface area contributed by atoms with Gasteiger partial charge < -0.3 is 13.9 Å². The normalized spacial score (nSPS) is 17.2. The molecule has 7 aromatic carbocycles. The number of rotatable bonds is 2. The smallest absolute Gasteiger partial charge is 0.137 e. The molecule has 0 N–H and O–H groups in total. The Morgan fingerprint density at radius 2 is 1.31 bits per heavy atom. The van der Waals surface area contributed by atoms with Crippen LogP contribution in [0.4, 0.5) is 11.4 Å². The Balaban J connectivity index is 1.23. The quantitative estimate of drug-likeness (QED) is 0.191. The molecule has 1 aliphatic heterocycles. The van der Waals surface area contributed by atoms with E-state index in [4.69, 9.17) is 4.42 Å². The van der Waals surface area contributed by atoms with Crippen molar-refractivity contribution in [1.29, 1.82) is 0 Å². The first-order chi connectivity index (χ1) is 24.3. The molecule has 228 valence electrons. The summed E-state index contributed by atoms with van der Waals surface area (Å²) in [5, 5.41) is 7.46. The van der Waals surface area contributed by atoms with Gasteiger partial charge in [0.25, 0.3) is 0 Å². The van der Waals surface area contributed by atoms with Crippen LogP contribution in [0.1, 0.15) is 11.5 Å². The number of benzene rings is 7. The second-order valence-electron chi connectivity index (χ2n) is 13.6. The molecule has 0 fully saturated rings. The van der Waals surface area contributed by atoms with Crippen LogP contribution < -0.4 is 4.90 Å². The van der Waals surface area contributed by atoms with E-state index in [1.807, 2.05) is 0 Å². The van der Waals surface area contributed by atoms with Gasteiger partial charge in [-0.1, -0.05) is 109 Å². The highest BCUT2D eigenvalue weighted by molar-refractivity contribution is 6.27. The number of hydrogen-bond acceptors (Lipinski definition) is 2. The molecule has 2 atom stereocenters. The summed E-state index contributed by atoms with van der Waals surface area (Å²) >= 11 is 0. The maximum absolute atomic E-state index is 6.47.